The highest BCUT2D eigenvalue weighted by atomic mass is 32.2. The van der Waals surface area contributed by atoms with Crippen LogP contribution in [0.1, 0.15) is 24.1 Å². The lowest BCUT2D eigenvalue weighted by atomic mass is 10.1. The maximum absolute atomic E-state index is 12.7. The van der Waals surface area contributed by atoms with Gasteiger partial charge in [-0.2, -0.15) is 0 Å². The first-order valence-corrected chi connectivity index (χ1v) is 12.8. The van der Waals surface area contributed by atoms with Crippen LogP contribution in [-0.4, -0.2) is 60.2 Å². The molecule has 166 valence electrons. The standard InChI is InChI=1S/C24H27N5O2S/c30-32(31,19-8-2-1-3-9-19)17-16-28-15-11-21-20(18-28)24(29-13-6-7-14-29)27-23(26-21)22-10-4-5-12-25-22/h1-5,8-10,12H,6-7,11,13-18H2. The highest BCUT2D eigenvalue weighted by molar-refractivity contribution is 7.91. The van der Waals surface area contributed by atoms with E-state index in [1.165, 1.54) is 0 Å². The van der Waals surface area contributed by atoms with Crippen molar-refractivity contribution < 1.29 is 8.42 Å². The molecule has 0 radical (unpaired) electrons. The quantitative estimate of drug-likeness (QED) is 0.572. The molecule has 1 fully saturated rings. The lowest BCUT2D eigenvalue weighted by Gasteiger charge is -2.31. The van der Waals surface area contributed by atoms with Crippen LogP contribution < -0.4 is 4.90 Å². The van der Waals surface area contributed by atoms with Crippen molar-refractivity contribution in [1.82, 2.24) is 19.9 Å². The van der Waals surface area contributed by atoms with Crippen molar-refractivity contribution in [2.75, 3.05) is 36.8 Å². The number of hydrogen-bond acceptors (Lipinski definition) is 7. The second-order valence-electron chi connectivity index (χ2n) is 8.36. The van der Waals surface area contributed by atoms with Gasteiger partial charge < -0.3 is 4.90 Å². The largest absolute Gasteiger partial charge is 0.356 e. The zero-order chi connectivity index (χ0) is 22.0. The van der Waals surface area contributed by atoms with Crippen LogP contribution in [0.25, 0.3) is 11.5 Å². The van der Waals surface area contributed by atoms with Gasteiger partial charge >= 0.3 is 0 Å². The van der Waals surface area contributed by atoms with Crippen LogP contribution in [0.3, 0.4) is 0 Å². The zero-order valence-corrected chi connectivity index (χ0v) is 18.8. The third kappa shape index (κ3) is 4.38. The van der Waals surface area contributed by atoms with Gasteiger partial charge in [0.2, 0.25) is 0 Å². The first-order chi connectivity index (χ1) is 15.6. The van der Waals surface area contributed by atoms with Gasteiger partial charge in [0.15, 0.2) is 15.7 Å². The number of rotatable bonds is 6. The fourth-order valence-electron chi connectivity index (χ4n) is 4.44. The molecule has 5 rings (SSSR count). The number of fused-ring (bicyclic) bond motifs is 1. The first-order valence-electron chi connectivity index (χ1n) is 11.2. The SMILES string of the molecule is O=S(=O)(CCN1CCc2nc(-c3ccccn3)nc(N3CCCC3)c2C1)c1ccccc1. The van der Waals surface area contributed by atoms with Crippen LogP contribution in [0.5, 0.6) is 0 Å². The maximum atomic E-state index is 12.7. The molecule has 7 nitrogen and oxygen atoms in total. The van der Waals surface area contributed by atoms with Gasteiger partial charge in [-0.25, -0.2) is 18.4 Å². The van der Waals surface area contributed by atoms with Crippen molar-refractivity contribution in [3.63, 3.8) is 0 Å². The van der Waals surface area contributed by atoms with Crippen molar-refractivity contribution in [3.05, 3.63) is 66.0 Å². The van der Waals surface area contributed by atoms with E-state index < -0.39 is 9.84 Å². The summed E-state index contributed by atoms with van der Waals surface area (Å²) >= 11 is 0. The molecule has 32 heavy (non-hydrogen) atoms. The fourth-order valence-corrected chi connectivity index (χ4v) is 5.74. The van der Waals surface area contributed by atoms with E-state index in [-0.39, 0.29) is 5.75 Å². The summed E-state index contributed by atoms with van der Waals surface area (Å²) < 4.78 is 25.5. The molecule has 0 N–H and O–H groups in total. The summed E-state index contributed by atoms with van der Waals surface area (Å²) in [5, 5.41) is 0. The van der Waals surface area contributed by atoms with Crippen LogP contribution in [-0.2, 0) is 22.8 Å². The van der Waals surface area contributed by atoms with Crippen LogP contribution >= 0.6 is 0 Å². The first kappa shape index (κ1) is 21.0. The number of pyridine rings is 1. The number of anilines is 1. The van der Waals surface area contributed by atoms with Gasteiger partial charge in [-0.05, 0) is 37.1 Å². The summed E-state index contributed by atoms with van der Waals surface area (Å²) in [6.07, 6.45) is 4.87. The van der Waals surface area contributed by atoms with Crippen molar-refractivity contribution in [2.24, 2.45) is 0 Å². The number of sulfone groups is 1. The van der Waals surface area contributed by atoms with Gasteiger partial charge in [-0.3, -0.25) is 9.88 Å². The predicted octanol–water partition coefficient (Wildman–Crippen LogP) is 2.97. The minimum atomic E-state index is -3.30. The molecule has 0 saturated carbocycles. The minimum Gasteiger partial charge on any atom is -0.356 e. The lowest BCUT2D eigenvalue weighted by molar-refractivity contribution is 0.266. The Labute approximate surface area is 189 Å². The molecule has 1 saturated heterocycles. The molecule has 0 aliphatic carbocycles. The topological polar surface area (TPSA) is 79.3 Å². The molecule has 3 aromatic rings. The zero-order valence-electron chi connectivity index (χ0n) is 18.0. The molecule has 0 unspecified atom stereocenters. The molecule has 0 amide bonds. The van der Waals surface area contributed by atoms with Gasteiger partial charge in [-0.1, -0.05) is 24.3 Å². The third-order valence-electron chi connectivity index (χ3n) is 6.20. The van der Waals surface area contributed by atoms with Gasteiger partial charge in [0.25, 0.3) is 0 Å². The van der Waals surface area contributed by atoms with Crippen LogP contribution in [0.15, 0.2) is 59.6 Å². The second-order valence-corrected chi connectivity index (χ2v) is 10.5. The summed E-state index contributed by atoms with van der Waals surface area (Å²) in [4.78, 5) is 19.2. The summed E-state index contributed by atoms with van der Waals surface area (Å²) in [6.45, 7) is 3.95. The monoisotopic (exact) mass is 449 g/mol. The fraction of sp³-hybridized carbons (Fsp3) is 0.375. The average molecular weight is 450 g/mol. The van der Waals surface area contributed by atoms with E-state index in [0.29, 0.717) is 23.8 Å². The number of aromatic nitrogens is 3. The Hall–Kier alpha value is -2.84. The molecule has 2 aromatic heterocycles. The smallest absolute Gasteiger partial charge is 0.180 e. The van der Waals surface area contributed by atoms with Gasteiger partial charge in [0, 0.05) is 50.9 Å². The summed E-state index contributed by atoms with van der Waals surface area (Å²) in [6, 6.07) is 14.5. The molecule has 0 bridgehead atoms. The molecular weight excluding hydrogens is 422 g/mol. The average Bonchev–Trinajstić information content (AvgIpc) is 3.38. The molecule has 0 atom stereocenters. The Morgan fingerprint density at radius 1 is 0.906 bits per heavy atom. The van der Waals surface area contributed by atoms with Gasteiger partial charge in [-0.15, -0.1) is 0 Å². The molecule has 8 heteroatoms. The Balaban J connectivity index is 1.39. The third-order valence-corrected chi connectivity index (χ3v) is 7.91. The van der Waals surface area contributed by atoms with Crippen molar-refractivity contribution in [1.29, 1.82) is 0 Å². The molecule has 2 aliphatic heterocycles. The van der Waals surface area contributed by atoms with Gasteiger partial charge in [0.1, 0.15) is 11.5 Å². The Morgan fingerprint density at radius 2 is 1.69 bits per heavy atom. The molecule has 0 spiro atoms. The Kier molecular flexibility index (Phi) is 5.89. The number of benzene rings is 1. The van der Waals surface area contributed by atoms with E-state index >= 15 is 0 Å². The maximum Gasteiger partial charge on any atom is 0.180 e. The lowest BCUT2D eigenvalue weighted by Crippen LogP contribution is -2.36. The Morgan fingerprint density at radius 3 is 2.44 bits per heavy atom. The van der Waals surface area contributed by atoms with E-state index in [1.807, 2.05) is 24.3 Å². The molecule has 1 aromatic carbocycles. The van der Waals surface area contributed by atoms with Crippen molar-refractivity contribution in [3.8, 4) is 11.5 Å². The number of nitrogens with zero attached hydrogens (tertiary/aromatic N) is 5. The van der Waals surface area contributed by atoms with E-state index in [0.717, 1.165) is 61.7 Å². The van der Waals surface area contributed by atoms with Crippen LogP contribution in [0.2, 0.25) is 0 Å². The predicted molar refractivity (Wildman–Crippen MR) is 124 cm³/mol. The number of hydrogen-bond donors (Lipinski definition) is 0. The highest BCUT2D eigenvalue weighted by Gasteiger charge is 2.28. The van der Waals surface area contributed by atoms with Crippen LogP contribution in [0.4, 0.5) is 5.82 Å². The van der Waals surface area contributed by atoms with Crippen LogP contribution in [0, 0.1) is 0 Å². The van der Waals surface area contributed by atoms with Crippen molar-refractivity contribution in [2.45, 2.75) is 30.7 Å². The van der Waals surface area contributed by atoms with E-state index in [4.69, 9.17) is 9.97 Å². The van der Waals surface area contributed by atoms with E-state index in [1.54, 1.807) is 30.5 Å². The van der Waals surface area contributed by atoms with Crippen molar-refractivity contribution >= 4 is 15.7 Å². The normalized spacial score (nSPS) is 16.8. The molecular formula is C24H27N5O2S. The highest BCUT2D eigenvalue weighted by Crippen LogP contribution is 2.31. The molecule has 4 heterocycles. The molecule has 2 aliphatic rings. The van der Waals surface area contributed by atoms with Gasteiger partial charge in [0.05, 0.1) is 16.3 Å². The summed E-state index contributed by atoms with van der Waals surface area (Å²) in [5.74, 6) is 1.77. The summed E-state index contributed by atoms with van der Waals surface area (Å²) in [7, 11) is -3.30. The minimum absolute atomic E-state index is 0.109. The second kappa shape index (κ2) is 8.96. The summed E-state index contributed by atoms with van der Waals surface area (Å²) in [5.41, 5.74) is 2.98. The van der Waals surface area contributed by atoms with E-state index in [9.17, 15) is 8.42 Å². The Bertz CT molecular complexity index is 1180. The van der Waals surface area contributed by atoms with E-state index in [2.05, 4.69) is 14.8 Å².